The fourth-order valence-electron chi connectivity index (χ4n) is 1.56. The van der Waals surface area contributed by atoms with E-state index in [-0.39, 0.29) is 15.0 Å². The third-order valence-corrected chi connectivity index (χ3v) is 6.91. The molecule has 2 unspecified atom stereocenters. The van der Waals surface area contributed by atoms with Gasteiger partial charge in [0.1, 0.15) is 0 Å². The zero-order valence-corrected chi connectivity index (χ0v) is 14.3. The zero-order valence-electron chi connectivity index (χ0n) is 11.1. The minimum atomic E-state index is -1.14. The number of halogens is 2. The van der Waals surface area contributed by atoms with Crippen molar-refractivity contribution in [1.29, 1.82) is 0 Å². The van der Waals surface area contributed by atoms with Gasteiger partial charge >= 0.3 is 131 Å². The predicted octanol–water partition coefficient (Wildman–Crippen LogP) is 2.92. The Morgan fingerprint density at radius 2 is 2.00 bits per heavy atom. The number of benzene rings is 1. The number of ether oxygens (including phenoxy) is 1. The van der Waals surface area contributed by atoms with Crippen molar-refractivity contribution in [2.75, 3.05) is 6.61 Å². The molecule has 0 spiro atoms. The van der Waals surface area contributed by atoms with Crippen LogP contribution in [0.4, 0.5) is 0 Å². The Morgan fingerprint density at radius 1 is 1.37 bits per heavy atom. The first-order chi connectivity index (χ1) is 9.04. The van der Waals surface area contributed by atoms with Gasteiger partial charge in [0.25, 0.3) is 0 Å². The Kier molecular flexibility index (Phi) is 7.23. The molecule has 1 aromatic rings. The van der Waals surface area contributed by atoms with Crippen LogP contribution in [0.2, 0.25) is 0 Å². The van der Waals surface area contributed by atoms with E-state index in [0.29, 0.717) is 13.0 Å². The molecule has 0 aromatic heterocycles. The van der Waals surface area contributed by atoms with E-state index >= 15 is 0 Å². The average Bonchev–Trinajstić information content (AvgIpc) is 2.40. The first kappa shape index (κ1) is 16.8. The van der Waals surface area contributed by atoms with Crippen LogP contribution in [0.25, 0.3) is 0 Å². The van der Waals surface area contributed by atoms with Crippen molar-refractivity contribution < 1.29 is 9.53 Å². The van der Waals surface area contributed by atoms with Crippen LogP contribution in [0.1, 0.15) is 26.7 Å². The zero-order chi connectivity index (χ0) is 14.3. The molecule has 0 radical (unpaired) electrons. The summed E-state index contributed by atoms with van der Waals surface area (Å²) >= 11 is 12.6. The molecule has 0 aliphatic rings. The van der Waals surface area contributed by atoms with Gasteiger partial charge in [-0.1, -0.05) is 0 Å². The van der Waals surface area contributed by atoms with Crippen LogP contribution in [0.5, 0.6) is 0 Å². The number of rotatable bonds is 7. The summed E-state index contributed by atoms with van der Waals surface area (Å²) in [6.45, 7) is 4.11. The average molecular weight is 368 g/mol. The molecule has 0 N–H and O–H groups in total. The van der Waals surface area contributed by atoms with Gasteiger partial charge in [-0.05, 0) is 0 Å². The van der Waals surface area contributed by atoms with Crippen molar-refractivity contribution in [3.05, 3.63) is 30.3 Å². The number of carbonyl (C=O) groups excluding carboxylic acids is 1. The van der Waals surface area contributed by atoms with Gasteiger partial charge in [-0.15, -0.1) is 0 Å². The van der Waals surface area contributed by atoms with Gasteiger partial charge < -0.3 is 0 Å². The van der Waals surface area contributed by atoms with Crippen LogP contribution < -0.4 is 4.46 Å². The van der Waals surface area contributed by atoms with E-state index in [9.17, 15) is 4.79 Å². The van der Waals surface area contributed by atoms with Crippen LogP contribution in [-0.4, -0.2) is 36.7 Å². The van der Waals surface area contributed by atoms with Crippen molar-refractivity contribution in [3.63, 3.8) is 0 Å². The van der Waals surface area contributed by atoms with E-state index in [1.54, 1.807) is 6.92 Å². The van der Waals surface area contributed by atoms with Crippen molar-refractivity contribution >= 4 is 48.6 Å². The second-order valence-corrected chi connectivity index (χ2v) is 8.44. The van der Waals surface area contributed by atoms with E-state index in [4.69, 9.17) is 27.9 Å². The molecular weight excluding hydrogens is 350 g/mol. The van der Waals surface area contributed by atoms with Crippen molar-refractivity contribution in [1.82, 2.24) is 0 Å². The van der Waals surface area contributed by atoms with Crippen LogP contribution in [-0.2, 0) is 9.53 Å². The maximum absolute atomic E-state index is 12.2. The first-order valence-corrected chi connectivity index (χ1v) is 8.81. The quantitative estimate of drug-likeness (QED) is 0.420. The van der Waals surface area contributed by atoms with Gasteiger partial charge in [0.15, 0.2) is 0 Å². The topological polar surface area (TPSA) is 26.3 Å². The summed E-state index contributed by atoms with van der Waals surface area (Å²) in [7, 11) is 0. The molecule has 0 saturated heterocycles. The van der Waals surface area contributed by atoms with Gasteiger partial charge in [-0.2, -0.15) is 0 Å². The van der Waals surface area contributed by atoms with E-state index in [0.717, 1.165) is 10.9 Å². The van der Waals surface area contributed by atoms with Gasteiger partial charge in [-0.3, -0.25) is 0 Å². The van der Waals surface area contributed by atoms with E-state index in [2.05, 4.69) is 0 Å². The SMILES string of the molecule is CCCC(Cl)C(Cl)([Se]c1ccccc1)C(=O)OCC. The van der Waals surface area contributed by atoms with Crippen LogP contribution in [0.3, 0.4) is 0 Å². The van der Waals surface area contributed by atoms with E-state index < -0.39 is 15.1 Å². The number of carbonyl (C=O) groups is 1. The van der Waals surface area contributed by atoms with Crippen molar-refractivity contribution in [2.45, 2.75) is 35.8 Å². The van der Waals surface area contributed by atoms with E-state index in [1.807, 2.05) is 37.3 Å². The molecule has 0 heterocycles. The van der Waals surface area contributed by atoms with Crippen LogP contribution >= 0.6 is 23.2 Å². The molecule has 0 amide bonds. The summed E-state index contributed by atoms with van der Waals surface area (Å²) in [5, 5.41) is -0.418. The molecule has 19 heavy (non-hydrogen) atoms. The standard InChI is InChI=1S/C14H18Cl2O2Se/c1-3-8-12(15)14(16,13(17)18-4-2)19-11-9-6-5-7-10-11/h5-7,9-10,12H,3-4,8H2,1-2H3. The second-order valence-electron chi connectivity index (χ2n) is 4.04. The molecule has 2 atom stereocenters. The molecular formula is C14H18Cl2O2Se. The van der Waals surface area contributed by atoms with Gasteiger partial charge in [-0.25, -0.2) is 0 Å². The molecule has 0 aliphatic heterocycles. The Labute approximate surface area is 131 Å². The summed E-state index contributed by atoms with van der Waals surface area (Å²) in [5.41, 5.74) is 0. The van der Waals surface area contributed by atoms with Crippen molar-refractivity contribution in [2.24, 2.45) is 0 Å². The number of esters is 1. The molecule has 0 aliphatic carbocycles. The van der Waals surface area contributed by atoms with E-state index in [1.165, 1.54) is 0 Å². The molecule has 1 aromatic carbocycles. The molecule has 106 valence electrons. The molecule has 0 fully saturated rings. The van der Waals surface area contributed by atoms with Gasteiger partial charge in [0, 0.05) is 0 Å². The predicted molar refractivity (Wildman–Crippen MR) is 81.6 cm³/mol. The fraction of sp³-hybridized carbons (Fsp3) is 0.500. The molecule has 0 bridgehead atoms. The Hall–Kier alpha value is -0.211. The molecule has 1 rings (SSSR count). The number of alkyl halides is 2. The Balaban J connectivity index is 2.94. The fourth-order valence-corrected chi connectivity index (χ4v) is 4.88. The second kappa shape index (κ2) is 8.16. The summed E-state index contributed by atoms with van der Waals surface area (Å²) in [4.78, 5) is 12.2. The molecule has 2 nitrogen and oxygen atoms in total. The van der Waals surface area contributed by atoms with Crippen molar-refractivity contribution in [3.8, 4) is 0 Å². The summed E-state index contributed by atoms with van der Waals surface area (Å²) in [6, 6.07) is 9.73. The Bertz CT molecular complexity index is 400. The maximum atomic E-state index is 12.2. The first-order valence-electron chi connectivity index (χ1n) is 6.28. The van der Waals surface area contributed by atoms with Crippen LogP contribution in [0.15, 0.2) is 30.3 Å². The van der Waals surface area contributed by atoms with Crippen LogP contribution in [0, 0.1) is 0 Å². The minimum absolute atomic E-state index is 0.274. The van der Waals surface area contributed by atoms with Gasteiger partial charge in [0.2, 0.25) is 0 Å². The normalized spacial score (nSPS) is 15.6. The third kappa shape index (κ3) is 4.68. The van der Waals surface area contributed by atoms with Gasteiger partial charge in [0.05, 0.1) is 0 Å². The number of hydrogen-bond donors (Lipinski definition) is 0. The number of hydrogen-bond acceptors (Lipinski definition) is 2. The third-order valence-electron chi connectivity index (χ3n) is 2.51. The molecule has 0 saturated carbocycles. The Morgan fingerprint density at radius 3 is 2.53 bits per heavy atom. The molecule has 5 heteroatoms. The summed E-state index contributed by atoms with van der Waals surface area (Å²) < 4.78 is 5.01. The summed E-state index contributed by atoms with van der Waals surface area (Å²) in [6.07, 6.45) is 1.57. The monoisotopic (exact) mass is 368 g/mol. The summed E-state index contributed by atoms with van der Waals surface area (Å²) in [5.74, 6) is -0.408.